The fourth-order valence-corrected chi connectivity index (χ4v) is 4.28. The number of esters is 1. The van der Waals surface area contributed by atoms with Crippen LogP contribution in [0.3, 0.4) is 0 Å². The van der Waals surface area contributed by atoms with Crippen molar-refractivity contribution in [2.75, 3.05) is 51.8 Å². The molecule has 8 heteroatoms. The highest BCUT2D eigenvalue weighted by atomic mass is 16.5. The Hall–Kier alpha value is -3.52. The first-order valence-corrected chi connectivity index (χ1v) is 11.1. The summed E-state index contributed by atoms with van der Waals surface area (Å²) < 4.78 is 10.3. The zero-order chi connectivity index (χ0) is 23.4. The predicted octanol–water partition coefficient (Wildman–Crippen LogP) is 2.61. The molecule has 0 spiro atoms. The van der Waals surface area contributed by atoms with Gasteiger partial charge in [0.25, 0.3) is 0 Å². The largest absolute Gasteiger partial charge is 0.497 e. The average molecular weight is 451 g/mol. The van der Waals surface area contributed by atoms with E-state index < -0.39 is 12.0 Å². The van der Waals surface area contributed by atoms with E-state index in [0.29, 0.717) is 17.8 Å². The molecule has 0 saturated carbocycles. The van der Waals surface area contributed by atoms with Gasteiger partial charge in [0.15, 0.2) is 0 Å². The Kier molecular flexibility index (Phi) is 6.84. The third kappa shape index (κ3) is 5.12. The number of anilines is 1. The van der Waals surface area contributed by atoms with Crippen LogP contribution >= 0.6 is 0 Å². The molecule has 2 heterocycles. The van der Waals surface area contributed by atoms with Gasteiger partial charge in [-0.05, 0) is 36.8 Å². The van der Waals surface area contributed by atoms with E-state index >= 15 is 0 Å². The van der Waals surface area contributed by atoms with Crippen LogP contribution in [-0.4, -0.2) is 63.8 Å². The fraction of sp³-hybridized carbons (Fsp3) is 0.360. The first-order valence-electron chi connectivity index (χ1n) is 11.1. The maximum absolute atomic E-state index is 12.8. The Morgan fingerprint density at radius 1 is 1.00 bits per heavy atom. The maximum atomic E-state index is 12.8. The van der Waals surface area contributed by atoms with E-state index in [1.54, 1.807) is 7.11 Å². The lowest BCUT2D eigenvalue weighted by Crippen LogP contribution is -2.51. The topological polar surface area (TPSA) is 83.1 Å². The van der Waals surface area contributed by atoms with E-state index in [2.05, 4.69) is 32.6 Å². The Bertz CT molecular complexity index is 1030. The second kappa shape index (κ2) is 9.95. The van der Waals surface area contributed by atoms with Gasteiger partial charge in [0.2, 0.25) is 0 Å². The molecular weight excluding hydrogens is 420 g/mol. The third-order valence-electron chi connectivity index (χ3n) is 6.16. The predicted molar refractivity (Wildman–Crippen MR) is 126 cm³/mol. The number of carbonyl (C=O) groups is 2. The van der Waals surface area contributed by atoms with Crippen LogP contribution in [0.5, 0.6) is 5.75 Å². The van der Waals surface area contributed by atoms with Crippen molar-refractivity contribution in [3.05, 3.63) is 70.9 Å². The summed E-state index contributed by atoms with van der Waals surface area (Å²) in [5.41, 5.74) is 4.14. The summed E-state index contributed by atoms with van der Waals surface area (Å²) in [6, 6.07) is 15.0. The molecule has 2 aliphatic heterocycles. The minimum atomic E-state index is -0.553. The van der Waals surface area contributed by atoms with Crippen molar-refractivity contribution in [1.29, 1.82) is 0 Å². The molecule has 0 bridgehead atoms. The molecule has 174 valence electrons. The molecule has 1 saturated heterocycles. The summed E-state index contributed by atoms with van der Waals surface area (Å²) in [4.78, 5) is 29.8. The van der Waals surface area contributed by atoms with Crippen LogP contribution in [0.25, 0.3) is 0 Å². The third-order valence-corrected chi connectivity index (χ3v) is 6.16. The van der Waals surface area contributed by atoms with Crippen molar-refractivity contribution >= 4 is 17.7 Å². The van der Waals surface area contributed by atoms with Crippen LogP contribution in [0.15, 0.2) is 59.8 Å². The second-order valence-electron chi connectivity index (χ2n) is 8.29. The van der Waals surface area contributed by atoms with Crippen LogP contribution in [0.2, 0.25) is 0 Å². The monoisotopic (exact) mass is 450 g/mol. The second-order valence-corrected chi connectivity index (χ2v) is 8.29. The van der Waals surface area contributed by atoms with Crippen molar-refractivity contribution in [3.8, 4) is 5.75 Å². The molecule has 2 aliphatic rings. The van der Waals surface area contributed by atoms with E-state index in [4.69, 9.17) is 9.47 Å². The van der Waals surface area contributed by atoms with E-state index in [1.165, 1.54) is 7.11 Å². The number of nitrogens with zero attached hydrogens (tertiary/aromatic N) is 2. The Morgan fingerprint density at radius 2 is 1.67 bits per heavy atom. The molecule has 2 aromatic carbocycles. The molecule has 2 amide bonds. The van der Waals surface area contributed by atoms with Crippen LogP contribution in [-0.2, 0) is 9.53 Å². The number of benzene rings is 2. The number of hydrogen-bond acceptors (Lipinski definition) is 6. The number of nitrogens with one attached hydrogen (secondary N) is 2. The van der Waals surface area contributed by atoms with Gasteiger partial charge in [0.05, 0.1) is 25.8 Å². The van der Waals surface area contributed by atoms with Crippen molar-refractivity contribution in [2.45, 2.75) is 13.0 Å². The maximum Gasteiger partial charge on any atom is 0.338 e. The highest BCUT2D eigenvalue weighted by Gasteiger charge is 2.34. The quantitative estimate of drug-likeness (QED) is 0.659. The standard InChI is InChI=1S/C25H30N4O4/c1-17-4-6-18(7-5-17)23-22(24(30)33-3)21(26-25(31)27-23)16-28-12-14-29(15-13-28)19-8-10-20(32-2)11-9-19/h4-11,23H,12-16H2,1-3H3,(H2,26,27,31)/t23-/m0/s1. The fourth-order valence-electron chi connectivity index (χ4n) is 4.28. The molecule has 0 radical (unpaired) electrons. The van der Waals surface area contributed by atoms with Gasteiger partial charge >= 0.3 is 12.0 Å². The number of rotatable bonds is 6. The summed E-state index contributed by atoms with van der Waals surface area (Å²) in [6.45, 7) is 5.78. The van der Waals surface area contributed by atoms with Crippen LogP contribution in [0.1, 0.15) is 17.2 Å². The van der Waals surface area contributed by atoms with Gasteiger partial charge in [0.1, 0.15) is 5.75 Å². The number of carbonyl (C=O) groups excluding carboxylic acids is 2. The van der Waals surface area contributed by atoms with Crippen molar-refractivity contribution < 1.29 is 19.1 Å². The Morgan fingerprint density at radius 3 is 2.27 bits per heavy atom. The minimum absolute atomic E-state index is 0.319. The number of methoxy groups -OCH3 is 2. The molecule has 2 aromatic rings. The summed E-state index contributed by atoms with van der Waals surface area (Å²) in [5, 5.41) is 5.73. The van der Waals surface area contributed by atoms with Crippen molar-refractivity contribution in [1.82, 2.24) is 15.5 Å². The molecule has 2 N–H and O–H groups in total. The van der Waals surface area contributed by atoms with Gasteiger partial charge in [-0.15, -0.1) is 0 Å². The van der Waals surface area contributed by atoms with Crippen LogP contribution in [0.4, 0.5) is 10.5 Å². The van der Waals surface area contributed by atoms with Gasteiger partial charge in [0, 0.05) is 44.1 Å². The lowest BCUT2D eigenvalue weighted by Gasteiger charge is -2.38. The highest BCUT2D eigenvalue weighted by Crippen LogP contribution is 2.29. The number of aryl methyl sites for hydroxylation is 1. The zero-order valence-corrected chi connectivity index (χ0v) is 19.3. The summed E-state index contributed by atoms with van der Waals surface area (Å²) in [5.74, 6) is 0.393. The van der Waals surface area contributed by atoms with E-state index in [-0.39, 0.29) is 6.03 Å². The van der Waals surface area contributed by atoms with Gasteiger partial charge in [-0.25, -0.2) is 9.59 Å². The Labute approximate surface area is 194 Å². The molecule has 1 fully saturated rings. The van der Waals surface area contributed by atoms with Gasteiger partial charge in [-0.1, -0.05) is 29.8 Å². The average Bonchev–Trinajstić information content (AvgIpc) is 2.84. The number of amides is 2. The molecule has 8 nitrogen and oxygen atoms in total. The zero-order valence-electron chi connectivity index (χ0n) is 19.3. The first-order chi connectivity index (χ1) is 16.0. The van der Waals surface area contributed by atoms with Crippen LogP contribution in [0, 0.1) is 6.92 Å². The molecule has 4 rings (SSSR count). The van der Waals surface area contributed by atoms with E-state index in [0.717, 1.165) is 48.7 Å². The molecule has 0 aromatic heterocycles. The Balaban J connectivity index is 1.51. The summed E-state index contributed by atoms with van der Waals surface area (Å²) in [7, 11) is 3.03. The number of urea groups is 1. The lowest BCUT2D eigenvalue weighted by molar-refractivity contribution is -0.136. The van der Waals surface area contributed by atoms with Crippen molar-refractivity contribution in [2.24, 2.45) is 0 Å². The smallest absolute Gasteiger partial charge is 0.338 e. The lowest BCUT2D eigenvalue weighted by atomic mass is 9.94. The summed E-state index contributed by atoms with van der Waals surface area (Å²) >= 11 is 0. The van der Waals surface area contributed by atoms with Crippen molar-refractivity contribution in [3.63, 3.8) is 0 Å². The highest BCUT2D eigenvalue weighted by molar-refractivity contribution is 5.95. The summed E-state index contributed by atoms with van der Waals surface area (Å²) in [6.07, 6.45) is 0. The van der Waals surface area contributed by atoms with E-state index in [9.17, 15) is 9.59 Å². The van der Waals surface area contributed by atoms with Gasteiger partial charge < -0.3 is 25.0 Å². The molecule has 1 atom stereocenters. The van der Waals surface area contributed by atoms with Crippen LogP contribution < -0.4 is 20.3 Å². The SMILES string of the molecule is COC(=O)C1=C(CN2CCN(c3ccc(OC)cc3)CC2)NC(=O)N[C@H]1c1ccc(C)cc1. The molecular formula is C25H30N4O4. The number of hydrogen-bond donors (Lipinski definition) is 2. The number of piperazine rings is 1. The van der Waals surface area contributed by atoms with Gasteiger partial charge in [-0.2, -0.15) is 0 Å². The van der Waals surface area contributed by atoms with Gasteiger partial charge in [-0.3, -0.25) is 4.90 Å². The minimum Gasteiger partial charge on any atom is -0.497 e. The number of ether oxygens (including phenoxy) is 2. The van der Waals surface area contributed by atoms with E-state index in [1.807, 2.05) is 43.3 Å². The first kappa shape index (κ1) is 22.7. The molecule has 0 unspecified atom stereocenters. The normalized spacial score (nSPS) is 19.1. The molecule has 33 heavy (non-hydrogen) atoms. The molecule has 0 aliphatic carbocycles.